The van der Waals surface area contributed by atoms with Gasteiger partial charge >= 0.3 is 0 Å². The van der Waals surface area contributed by atoms with Crippen molar-refractivity contribution in [2.24, 2.45) is 7.05 Å². The van der Waals surface area contributed by atoms with Gasteiger partial charge in [-0.05, 0) is 35.2 Å². The van der Waals surface area contributed by atoms with E-state index in [-0.39, 0.29) is 5.56 Å². The Morgan fingerprint density at radius 2 is 1.70 bits per heavy atom. The molecule has 0 N–H and O–H groups in total. The third-order valence-corrected chi connectivity index (χ3v) is 3.53. The molecule has 1 heterocycles. The Bertz CT molecular complexity index is 817. The maximum atomic E-state index is 12.5. The lowest BCUT2D eigenvalue weighted by Gasteiger charge is -2.09. The number of para-hydroxylation sites is 1. The fraction of sp³-hybridized carbons (Fsp3) is 0.118. The second-order valence-electron chi connectivity index (χ2n) is 4.71. The van der Waals surface area contributed by atoms with E-state index in [0.29, 0.717) is 5.56 Å². The first-order valence-electron chi connectivity index (χ1n) is 6.44. The SMILES string of the molecule is COc1ccc(-c2cc3ccccc3n(C)c2=O)cc1. The minimum absolute atomic E-state index is 0.00821. The molecule has 2 aromatic carbocycles. The van der Waals surface area contributed by atoms with Crippen LogP contribution in [0.1, 0.15) is 0 Å². The molecule has 3 nitrogen and oxygen atoms in total. The maximum absolute atomic E-state index is 12.5. The molecule has 3 rings (SSSR count). The monoisotopic (exact) mass is 265 g/mol. The van der Waals surface area contributed by atoms with Crippen molar-refractivity contribution in [2.75, 3.05) is 7.11 Å². The van der Waals surface area contributed by atoms with Crippen molar-refractivity contribution in [3.63, 3.8) is 0 Å². The molecule has 1 aromatic heterocycles. The molecular weight excluding hydrogens is 250 g/mol. The van der Waals surface area contributed by atoms with E-state index in [1.807, 2.05) is 54.6 Å². The zero-order chi connectivity index (χ0) is 14.1. The van der Waals surface area contributed by atoms with Gasteiger partial charge < -0.3 is 9.30 Å². The molecule has 0 fully saturated rings. The van der Waals surface area contributed by atoms with Crippen LogP contribution in [0.5, 0.6) is 5.75 Å². The normalized spacial score (nSPS) is 10.7. The van der Waals surface area contributed by atoms with E-state index < -0.39 is 0 Å². The fourth-order valence-corrected chi connectivity index (χ4v) is 2.40. The van der Waals surface area contributed by atoms with Gasteiger partial charge in [-0.1, -0.05) is 30.3 Å². The number of benzene rings is 2. The standard InChI is InChI=1S/C17H15NO2/c1-18-16-6-4-3-5-13(16)11-15(17(18)19)12-7-9-14(20-2)10-8-12/h3-11H,1-2H3. The Hall–Kier alpha value is -2.55. The molecule has 0 radical (unpaired) electrons. The Morgan fingerprint density at radius 1 is 1.00 bits per heavy atom. The van der Waals surface area contributed by atoms with Crippen molar-refractivity contribution in [1.29, 1.82) is 0 Å². The van der Waals surface area contributed by atoms with Crippen molar-refractivity contribution in [3.8, 4) is 16.9 Å². The molecule has 0 amide bonds. The van der Waals surface area contributed by atoms with Gasteiger partial charge in [0.15, 0.2) is 0 Å². The summed E-state index contributed by atoms with van der Waals surface area (Å²) < 4.78 is 6.84. The highest BCUT2D eigenvalue weighted by atomic mass is 16.5. The topological polar surface area (TPSA) is 31.2 Å². The van der Waals surface area contributed by atoms with Crippen LogP contribution in [-0.2, 0) is 7.05 Å². The summed E-state index contributed by atoms with van der Waals surface area (Å²) in [7, 11) is 3.43. The molecule has 0 saturated carbocycles. The van der Waals surface area contributed by atoms with E-state index >= 15 is 0 Å². The van der Waals surface area contributed by atoms with E-state index in [0.717, 1.165) is 22.2 Å². The average molecular weight is 265 g/mol. The van der Waals surface area contributed by atoms with Crippen LogP contribution < -0.4 is 10.3 Å². The van der Waals surface area contributed by atoms with Crippen molar-refractivity contribution < 1.29 is 4.74 Å². The van der Waals surface area contributed by atoms with Crippen molar-refractivity contribution in [2.45, 2.75) is 0 Å². The molecule has 0 bridgehead atoms. The molecule has 0 aliphatic rings. The summed E-state index contributed by atoms with van der Waals surface area (Å²) in [6, 6.07) is 17.4. The summed E-state index contributed by atoms with van der Waals surface area (Å²) >= 11 is 0. The van der Waals surface area contributed by atoms with Gasteiger partial charge in [-0.2, -0.15) is 0 Å². The Kier molecular flexibility index (Phi) is 3.03. The minimum atomic E-state index is 0.00821. The lowest BCUT2D eigenvalue weighted by atomic mass is 10.0. The Labute approximate surface area is 117 Å². The van der Waals surface area contributed by atoms with Gasteiger partial charge in [0.25, 0.3) is 5.56 Å². The van der Waals surface area contributed by atoms with Crippen LogP contribution in [0, 0.1) is 0 Å². The summed E-state index contributed by atoms with van der Waals surface area (Å²) in [5.41, 5.74) is 2.55. The molecule has 3 aromatic rings. The minimum Gasteiger partial charge on any atom is -0.497 e. The van der Waals surface area contributed by atoms with E-state index in [2.05, 4.69) is 0 Å². The van der Waals surface area contributed by atoms with Crippen molar-refractivity contribution in [1.82, 2.24) is 4.57 Å². The lowest BCUT2D eigenvalue weighted by molar-refractivity contribution is 0.415. The number of fused-ring (bicyclic) bond motifs is 1. The van der Waals surface area contributed by atoms with Crippen molar-refractivity contribution in [3.05, 3.63) is 65.0 Å². The third kappa shape index (κ3) is 1.97. The number of pyridine rings is 1. The molecule has 0 spiro atoms. The van der Waals surface area contributed by atoms with Crippen LogP contribution in [0.15, 0.2) is 59.4 Å². The first kappa shape index (κ1) is 12.5. The van der Waals surface area contributed by atoms with E-state index in [1.54, 1.807) is 18.7 Å². The highest BCUT2D eigenvalue weighted by Gasteiger charge is 2.08. The van der Waals surface area contributed by atoms with E-state index in [4.69, 9.17) is 4.74 Å². The summed E-state index contributed by atoms with van der Waals surface area (Å²) in [6.45, 7) is 0. The fourth-order valence-electron chi connectivity index (χ4n) is 2.40. The number of nitrogens with zero attached hydrogens (tertiary/aromatic N) is 1. The number of rotatable bonds is 2. The Morgan fingerprint density at radius 3 is 2.40 bits per heavy atom. The summed E-state index contributed by atoms with van der Waals surface area (Å²) in [6.07, 6.45) is 0. The molecule has 20 heavy (non-hydrogen) atoms. The lowest BCUT2D eigenvalue weighted by Crippen LogP contribution is -2.18. The van der Waals surface area contributed by atoms with Gasteiger partial charge in [0.05, 0.1) is 12.6 Å². The van der Waals surface area contributed by atoms with Gasteiger partial charge in [0, 0.05) is 12.6 Å². The van der Waals surface area contributed by atoms with Gasteiger partial charge in [0.1, 0.15) is 5.75 Å². The molecule has 0 saturated heterocycles. The maximum Gasteiger partial charge on any atom is 0.258 e. The first-order valence-corrected chi connectivity index (χ1v) is 6.44. The van der Waals surface area contributed by atoms with E-state index in [9.17, 15) is 4.79 Å². The highest BCUT2D eigenvalue weighted by molar-refractivity contribution is 5.84. The average Bonchev–Trinajstić information content (AvgIpc) is 2.51. The largest absolute Gasteiger partial charge is 0.497 e. The zero-order valence-corrected chi connectivity index (χ0v) is 11.5. The predicted octanol–water partition coefficient (Wildman–Crippen LogP) is 3.21. The summed E-state index contributed by atoms with van der Waals surface area (Å²) in [5, 5.41) is 1.06. The second-order valence-corrected chi connectivity index (χ2v) is 4.71. The van der Waals surface area contributed by atoms with Crippen LogP contribution in [0.4, 0.5) is 0 Å². The quantitative estimate of drug-likeness (QED) is 0.712. The van der Waals surface area contributed by atoms with Crippen LogP contribution in [0.3, 0.4) is 0 Å². The molecule has 0 unspecified atom stereocenters. The van der Waals surface area contributed by atoms with Crippen molar-refractivity contribution >= 4 is 10.9 Å². The molecule has 0 aliphatic heterocycles. The number of methoxy groups -OCH3 is 1. The summed E-state index contributed by atoms with van der Waals surface area (Å²) in [4.78, 5) is 12.5. The van der Waals surface area contributed by atoms with Crippen LogP contribution >= 0.6 is 0 Å². The van der Waals surface area contributed by atoms with E-state index in [1.165, 1.54) is 0 Å². The van der Waals surface area contributed by atoms with Gasteiger partial charge in [0.2, 0.25) is 0 Å². The summed E-state index contributed by atoms with van der Waals surface area (Å²) in [5.74, 6) is 0.784. The van der Waals surface area contributed by atoms with Gasteiger partial charge in [-0.15, -0.1) is 0 Å². The number of ether oxygens (including phenoxy) is 1. The third-order valence-electron chi connectivity index (χ3n) is 3.53. The molecular formula is C17H15NO2. The zero-order valence-electron chi connectivity index (χ0n) is 11.5. The molecule has 3 heteroatoms. The smallest absolute Gasteiger partial charge is 0.258 e. The molecule has 0 atom stereocenters. The molecule has 100 valence electrons. The number of hydrogen-bond donors (Lipinski definition) is 0. The number of aryl methyl sites for hydroxylation is 1. The molecule has 0 aliphatic carbocycles. The first-order chi connectivity index (χ1) is 9.70. The predicted molar refractivity (Wildman–Crippen MR) is 81.2 cm³/mol. The van der Waals surface area contributed by atoms with Crippen LogP contribution in [-0.4, -0.2) is 11.7 Å². The number of hydrogen-bond acceptors (Lipinski definition) is 2. The Balaban J connectivity index is 2.25. The highest BCUT2D eigenvalue weighted by Crippen LogP contribution is 2.22. The van der Waals surface area contributed by atoms with Crippen LogP contribution in [0.2, 0.25) is 0 Å². The second kappa shape index (κ2) is 4.85. The number of aromatic nitrogens is 1. The van der Waals surface area contributed by atoms with Gasteiger partial charge in [-0.3, -0.25) is 4.79 Å². The van der Waals surface area contributed by atoms with Gasteiger partial charge in [-0.25, -0.2) is 0 Å². The van der Waals surface area contributed by atoms with Crippen LogP contribution in [0.25, 0.3) is 22.0 Å².